The van der Waals surface area contributed by atoms with Gasteiger partial charge in [0.15, 0.2) is 11.8 Å². The zero-order chi connectivity index (χ0) is 19.0. The lowest BCUT2D eigenvalue weighted by Crippen LogP contribution is -2.47. The molecule has 0 radical (unpaired) electrons. The number of hydrogen-bond donors (Lipinski definition) is 2. The maximum Gasteiger partial charge on any atom is 0.411 e. The largest absolute Gasteiger partial charge is 0.411 e. The van der Waals surface area contributed by atoms with Gasteiger partial charge in [-0.25, -0.2) is 9.67 Å². The Hall–Kier alpha value is -1.88. The minimum Gasteiger partial charge on any atom is -0.377 e. The fourth-order valence-electron chi connectivity index (χ4n) is 2.63. The predicted molar refractivity (Wildman–Crippen MR) is 88.8 cm³/mol. The first kappa shape index (κ1) is 20.4. The second-order valence-corrected chi connectivity index (χ2v) is 5.96. The van der Waals surface area contributed by atoms with Crippen molar-refractivity contribution in [2.45, 2.75) is 44.6 Å². The summed E-state index contributed by atoms with van der Waals surface area (Å²) in [6.07, 6.45) is -2.14. The first-order chi connectivity index (χ1) is 12.4. The molecule has 2 heterocycles. The molecule has 2 N–H and O–H groups in total. The Morgan fingerprint density at radius 2 is 2.23 bits per heavy atom. The summed E-state index contributed by atoms with van der Waals surface area (Å²) < 4.78 is 47.4. The lowest BCUT2D eigenvalue weighted by Gasteiger charge is -2.25. The van der Waals surface area contributed by atoms with Crippen LogP contribution in [0.15, 0.2) is 4.99 Å². The highest BCUT2D eigenvalue weighted by molar-refractivity contribution is 5.79. The molecule has 1 unspecified atom stereocenters. The molecule has 1 aliphatic rings. The van der Waals surface area contributed by atoms with Crippen molar-refractivity contribution in [3.8, 4) is 0 Å². The zero-order valence-corrected chi connectivity index (χ0v) is 15.0. The molecule has 0 aliphatic carbocycles. The minimum atomic E-state index is -4.28. The number of aliphatic imine (C=N–C) groups is 1. The highest BCUT2D eigenvalue weighted by atomic mass is 19.4. The summed E-state index contributed by atoms with van der Waals surface area (Å²) in [6, 6.07) is 0.146. The molecule has 0 aromatic carbocycles. The third-order valence-electron chi connectivity index (χ3n) is 3.76. The number of ether oxygens (including phenoxy) is 2. The molecule has 148 valence electrons. The van der Waals surface area contributed by atoms with Gasteiger partial charge in [0.2, 0.25) is 0 Å². The molecule has 0 bridgehead atoms. The van der Waals surface area contributed by atoms with Crippen molar-refractivity contribution in [2.24, 2.45) is 4.99 Å². The molecule has 11 heteroatoms. The summed E-state index contributed by atoms with van der Waals surface area (Å²) in [5, 5.41) is 10.8. The highest BCUT2D eigenvalue weighted by Crippen LogP contribution is 2.14. The molecule has 0 spiro atoms. The molecule has 1 aromatic rings. The van der Waals surface area contributed by atoms with Crippen molar-refractivity contribution < 1.29 is 22.6 Å². The molecule has 1 aromatic heterocycles. The summed E-state index contributed by atoms with van der Waals surface area (Å²) in [4.78, 5) is 8.57. The third kappa shape index (κ3) is 6.79. The highest BCUT2D eigenvalue weighted by Gasteiger charge is 2.27. The number of halogens is 3. The molecule has 1 atom stereocenters. The topological polar surface area (TPSA) is 85.6 Å². The van der Waals surface area contributed by atoms with Gasteiger partial charge in [0.05, 0.1) is 6.54 Å². The van der Waals surface area contributed by atoms with Crippen LogP contribution in [0.2, 0.25) is 0 Å². The second-order valence-electron chi connectivity index (χ2n) is 5.96. The van der Waals surface area contributed by atoms with Gasteiger partial charge >= 0.3 is 6.18 Å². The van der Waals surface area contributed by atoms with Gasteiger partial charge in [-0.2, -0.15) is 18.3 Å². The smallest absolute Gasteiger partial charge is 0.377 e. The predicted octanol–water partition coefficient (Wildman–Crippen LogP) is 0.873. The van der Waals surface area contributed by atoms with Crippen molar-refractivity contribution in [3.05, 3.63) is 11.6 Å². The van der Waals surface area contributed by atoms with Gasteiger partial charge in [-0.05, 0) is 12.8 Å². The number of hydrogen-bond acceptors (Lipinski definition) is 5. The number of aromatic nitrogens is 3. The van der Waals surface area contributed by atoms with Gasteiger partial charge in [0, 0.05) is 39.8 Å². The number of nitrogens with zero attached hydrogens (tertiary/aromatic N) is 4. The Morgan fingerprint density at radius 3 is 2.92 bits per heavy atom. The quantitative estimate of drug-likeness (QED) is 0.397. The summed E-state index contributed by atoms with van der Waals surface area (Å²) in [5.41, 5.74) is 0. The molecule has 0 saturated heterocycles. The van der Waals surface area contributed by atoms with Gasteiger partial charge in [-0.15, -0.1) is 0 Å². The van der Waals surface area contributed by atoms with Crippen LogP contribution in [0, 0.1) is 0 Å². The number of methoxy groups -OCH3 is 1. The fraction of sp³-hybridized carbons (Fsp3) is 0.800. The average Bonchev–Trinajstić information content (AvgIpc) is 2.97. The Balaban J connectivity index is 1.69. The van der Waals surface area contributed by atoms with Crippen LogP contribution in [0.5, 0.6) is 0 Å². The van der Waals surface area contributed by atoms with Gasteiger partial charge < -0.3 is 20.1 Å². The molecule has 8 nitrogen and oxygen atoms in total. The fourth-order valence-corrected chi connectivity index (χ4v) is 2.63. The molecule has 0 fully saturated rings. The van der Waals surface area contributed by atoms with Crippen LogP contribution in [0.25, 0.3) is 0 Å². The molecule has 1 aliphatic heterocycles. The van der Waals surface area contributed by atoms with E-state index in [9.17, 15) is 13.2 Å². The third-order valence-corrected chi connectivity index (χ3v) is 3.76. The van der Waals surface area contributed by atoms with Gasteiger partial charge in [0.25, 0.3) is 0 Å². The lowest BCUT2D eigenvalue weighted by atomic mass is 10.1. The Labute approximate surface area is 150 Å². The van der Waals surface area contributed by atoms with E-state index < -0.39 is 12.8 Å². The molecule has 26 heavy (non-hydrogen) atoms. The SMILES string of the molecule is CN=C(NCCCOCC(F)(F)F)NC1CCc2nc(COC)nn2C1. The summed E-state index contributed by atoms with van der Waals surface area (Å²) in [7, 11) is 3.25. The minimum absolute atomic E-state index is 0.0392. The Kier molecular flexibility index (Phi) is 7.64. The number of fused-ring (bicyclic) bond motifs is 1. The Bertz CT molecular complexity index is 590. The van der Waals surface area contributed by atoms with Gasteiger partial charge in [-0.1, -0.05) is 0 Å². The molecular formula is C15H25F3N6O2. The number of aryl methyl sites for hydroxylation is 1. The van der Waals surface area contributed by atoms with E-state index in [2.05, 4.69) is 30.4 Å². The van der Waals surface area contributed by atoms with Crippen molar-refractivity contribution in [2.75, 3.05) is 33.9 Å². The second kappa shape index (κ2) is 9.72. The van der Waals surface area contributed by atoms with Crippen LogP contribution in [-0.2, 0) is 29.0 Å². The first-order valence-corrected chi connectivity index (χ1v) is 8.44. The number of guanidine groups is 1. The van der Waals surface area contributed by atoms with Crippen molar-refractivity contribution in [1.29, 1.82) is 0 Å². The van der Waals surface area contributed by atoms with Gasteiger partial charge in [0.1, 0.15) is 19.0 Å². The van der Waals surface area contributed by atoms with E-state index in [4.69, 9.17) is 4.74 Å². The van der Waals surface area contributed by atoms with Crippen LogP contribution in [-0.4, -0.2) is 66.9 Å². The van der Waals surface area contributed by atoms with Crippen molar-refractivity contribution in [1.82, 2.24) is 25.4 Å². The first-order valence-electron chi connectivity index (χ1n) is 8.44. The van der Waals surface area contributed by atoms with E-state index in [1.54, 1.807) is 14.2 Å². The molecular weight excluding hydrogens is 353 g/mol. The molecule has 2 rings (SSSR count). The Morgan fingerprint density at radius 1 is 1.42 bits per heavy atom. The summed E-state index contributed by atoms with van der Waals surface area (Å²) in [6.45, 7) is 0.348. The van der Waals surface area contributed by atoms with Gasteiger partial charge in [-0.3, -0.25) is 4.99 Å². The maximum absolute atomic E-state index is 12.0. The van der Waals surface area contributed by atoms with E-state index in [-0.39, 0.29) is 12.6 Å². The van der Waals surface area contributed by atoms with Crippen LogP contribution in [0.1, 0.15) is 24.5 Å². The van der Waals surface area contributed by atoms with E-state index in [1.807, 2.05) is 4.68 Å². The van der Waals surface area contributed by atoms with E-state index in [1.165, 1.54) is 0 Å². The summed E-state index contributed by atoms with van der Waals surface area (Å²) >= 11 is 0. The van der Waals surface area contributed by atoms with Crippen LogP contribution in [0.4, 0.5) is 13.2 Å². The molecule has 0 amide bonds. The lowest BCUT2D eigenvalue weighted by molar-refractivity contribution is -0.173. The van der Waals surface area contributed by atoms with E-state index in [0.717, 1.165) is 18.7 Å². The van der Waals surface area contributed by atoms with Crippen LogP contribution >= 0.6 is 0 Å². The van der Waals surface area contributed by atoms with E-state index in [0.29, 0.717) is 37.9 Å². The number of nitrogens with one attached hydrogen (secondary N) is 2. The normalized spacial score (nSPS) is 17.9. The van der Waals surface area contributed by atoms with Crippen molar-refractivity contribution >= 4 is 5.96 Å². The summed E-state index contributed by atoms with van der Waals surface area (Å²) in [5.74, 6) is 2.22. The standard InChI is InChI=1S/C15H25F3N6O2/c1-19-14(20-6-3-7-26-10-15(16,17)18)21-11-4-5-13-22-12(9-25-2)23-24(13)8-11/h11H,3-10H2,1-2H3,(H2,19,20,21). The molecule has 0 saturated carbocycles. The van der Waals surface area contributed by atoms with Crippen LogP contribution in [0.3, 0.4) is 0 Å². The zero-order valence-electron chi connectivity index (χ0n) is 15.0. The number of alkyl halides is 3. The average molecular weight is 378 g/mol. The van der Waals surface area contributed by atoms with Crippen molar-refractivity contribution in [3.63, 3.8) is 0 Å². The maximum atomic E-state index is 12.0. The van der Waals surface area contributed by atoms with E-state index >= 15 is 0 Å². The monoisotopic (exact) mass is 378 g/mol. The number of rotatable bonds is 8. The van der Waals surface area contributed by atoms with Crippen LogP contribution < -0.4 is 10.6 Å².